The molecule has 4 heteroatoms. The van der Waals surface area contributed by atoms with Crippen molar-refractivity contribution in [3.63, 3.8) is 0 Å². The third-order valence-electron chi connectivity index (χ3n) is 3.93. The van der Waals surface area contributed by atoms with E-state index in [0.717, 1.165) is 18.5 Å². The predicted molar refractivity (Wildman–Crippen MR) is 86.4 cm³/mol. The summed E-state index contributed by atoms with van der Waals surface area (Å²) in [4.78, 5) is 11.9. The largest absolute Gasteiger partial charge is 0.376 e. The number of carbonyl (C=O) groups is 1. The SMILES string of the molecule is CC1(C)CCC(NC(=O)CNc2ccccc2)CC1.Cl. The lowest BCUT2D eigenvalue weighted by molar-refractivity contribution is -0.120. The summed E-state index contributed by atoms with van der Waals surface area (Å²) in [6.45, 7) is 4.97. The fourth-order valence-electron chi connectivity index (χ4n) is 2.56. The van der Waals surface area contributed by atoms with Crippen molar-refractivity contribution in [2.75, 3.05) is 11.9 Å². The van der Waals surface area contributed by atoms with Crippen LogP contribution < -0.4 is 10.6 Å². The van der Waals surface area contributed by atoms with E-state index in [1.54, 1.807) is 0 Å². The minimum absolute atomic E-state index is 0. The van der Waals surface area contributed by atoms with Crippen LogP contribution in [0.3, 0.4) is 0 Å². The summed E-state index contributed by atoms with van der Waals surface area (Å²) in [6.07, 6.45) is 4.60. The molecular formula is C16H25ClN2O. The molecular weight excluding hydrogens is 272 g/mol. The van der Waals surface area contributed by atoms with Gasteiger partial charge >= 0.3 is 0 Å². The number of carbonyl (C=O) groups excluding carboxylic acids is 1. The molecule has 1 aliphatic rings. The molecule has 0 atom stereocenters. The number of hydrogen-bond acceptors (Lipinski definition) is 2. The second kappa shape index (κ2) is 7.53. The van der Waals surface area contributed by atoms with Crippen LogP contribution in [0.1, 0.15) is 39.5 Å². The average Bonchev–Trinajstić information content (AvgIpc) is 2.40. The molecule has 3 nitrogen and oxygen atoms in total. The first kappa shape index (κ1) is 16.8. The first-order valence-electron chi connectivity index (χ1n) is 7.13. The maximum absolute atomic E-state index is 11.9. The zero-order valence-electron chi connectivity index (χ0n) is 12.3. The molecule has 20 heavy (non-hydrogen) atoms. The maximum Gasteiger partial charge on any atom is 0.239 e. The molecule has 0 aromatic heterocycles. The molecule has 1 fully saturated rings. The van der Waals surface area contributed by atoms with Crippen molar-refractivity contribution >= 4 is 24.0 Å². The normalized spacial score (nSPS) is 17.9. The van der Waals surface area contributed by atoms with E-state index in [1.807, 2.05) is 30.3 Å². The third kappa shape index (κ3) is 5.41. The van der Waals surface area contributed by atoms with Crippen molar-refractivity contribution in [2.45, 2.75) is 45.6 Å². The molecule has 0 spiro atoms. The number of benzene rings is 1. The van der Waals surface area contributed by atoms with Crippen molar-refractivity contribution in [2.24, 2.45) is 5.41 Å². The van der Waals surface area contributed by atoms with Crippen LogP contribution >= 0.6 is 12.4 Å². The number of anilines is 1. The highest BCUT2D eigenvalue weighted by Crippen LogP contribution is 2.34. The van der Waals surface area contributed by atoms with E-state index in [2.05, 4.69) is 24.5 Å². The first-order valence-corrected chi connectivity index (χ1v) is 7.13. The van der Waals surface area contributed by atoms with E-state index in [4.69, 9.17) is 0 Å². The standard InChI is InChI=1S/C16H24N2O.ClH/c1-16(2)10-8-14(9-11-16)18-15(19)12-17-13-6-4-3-5-7-13;/h3-7,14,17H,8-12H2,1-2H3,(H,18,19);1H. The van der Waals surface area contributed by atoms with E-state index in [9.17, 15) is 4.79 Å². The van der Waals surface area contributed by atoms with Gasteiger partial charge in [-0.25, -0.2) is 0 Å². The summed E-state index contributed by atoms with van der Waals surface area (Å²) < 4.78 is 0. The van der Waals surface area contributed by atoms with Gasteiger partial charge in [0.05, 0.1) is 6.54 Å². The molecule has 0 radical (unpaired) electrons. The number of para-hydroxylation sites is 1. The second-order valence-corrected chi connectivity index (χ2v) is 6.23. The Kier molecular flexibility index (Phi) is 6.34. The van der Waals surface area contributed by atoms with E-state index in [0.29, 0.717) is 18.0 Å². The van der Waals surface area contributed by atoms with Crippen molar-refractivity contribution in [3.8, 4) is 0 Å². The van der Waals surface area contributed by atoms with Crippen molar-refractivity contribution in [3.05, 3.63) is 30.3 Å². The number of hydrogen-bond donors (Lipinski definition) is 2. The minimum Gasteiger partial charge on any atom is -0.376 e. The van der Waals surface area contributed by atoms with Crippen molar-refractivity contribution < 1.29 is 4.79 Å². The van der Waals surface area contributed by atoms with Crippen LogP contribution in [0.4, 0.5) is 5.69 Å². The topological polar surface area (TPSA) is 41.1 Å². The van der Waals surface area contributed by atoms with Gasteiger partial charge in [0.1, 0.15) is 0 Å². The fourth-order valence-corrected chi connectivity index (χ4v) is 2.56. The zero-order valence-corrected chi connectivity index (χ0v) is 13.1. The molecule has 0 aliphatic heterocycles. The molecule has 2 N–H and O–H groups in total. The van der Waals surface area contributed by atoms with Gasteiger partial charge < -0.3 is 10.6 Å². The highest BCUT2D eigenvalue weighted by atomic mass is 35.5. The van der Waals surface area contributed by atoms with Gasteiger partial charge in [0.15, 0.2) is 0 Å². The van der Waals surface area contributed by atoms with Crippen LogP contribution in [0.5, 0.6) is 0 Å². The highest BCUT2D eigenvalue weighted by Gasteiger charge is 2.27. The quantitative estimate of drug-likeness (QED) is 0.891. The molecule has 1 aromatic rings. The lowest BCUT2D eigenvalue weighted by Gasteiger charge is -2.34. The summed E-state index contributed by atoms with van der Waals surface area (Å²) >= 11 is 0. The fraction of sp³-hybridized carbons (Fsp3) is 0.562. The number of rotatable bonds is 4. The average molecular weight is 297 g/mol. The molecule has 1 amide bonds. The number of nitrogens with one attached hydrogen (secondary N) is 2. The van der Waals surface area contributed by atoms with E-state index >= 15 is 0 Å². The smallest absolute Gasteiger partial charge is 0.239 e. The van der Waals surface area contributed by atoms with Crippen LogP contribution in [0.25, 0.3) is 0 Å². The van der Waals surface area contributed by atoms with E-state index < -0.39 is 0 Å². The van der Waals surface area contributed by atoms with Gasteiger partial charge in [-0.05, 0) is 43.2 Å². The van der Waals surface area contributed by atoms with Crippen LogP contribution in [-0.4, -0.2) is 18.5 Å². The maximum atomic E-state index is 11.9. The number of halogens is 1. The Morgan fingerprint density at radius 1 is 1.20 bits per heavy atom. The highest BCUT2D eigenvalue weighted by molar-refractivity contribution is 5.85. The van der Waals surface area contributed by atoms with Gasteiger partial charge in [0.25, 0.3) is 0 Å². The van der Waals surface area contributed by atoms with Crippen molar-refractivity contribution in [1.82, 2.24) is 5.32 Å². The van der Waals surface area contributed by atoms with Gasteiger partial charge in [-0.3, -0.25) is 4.79 Å². The Balaban J connectivity index is 0.00000200. The van der Waals surface area contributed by atoms with Crippen LogP contribution in [0.2, 0.25) is 0 Å². The van der Waals surface area contributed by atoms with Crippen LogP contribution in [-0.2, 0) is 4.79 Å². The first-order chi connectivity index (χ1) is 9.05. The Hall–Kier alpha value is -1.22. The molecule has 1 aliphatic carbocycles. The van der Waals surface area contributed by atoms with Gasteiger partial charge in [-0.2, -0.15) is 0 Å². The zero-order chi connectivity index (χ0) is 13.7. The van der Waals surface area contributed by atoms with Crippen LogP contribution in [0, 0.1) is 5.41 Å². The monoisotopic (exact) mass is 296 g/mol. The van der Waals surface area contributed by atoms with E-state index in [1.165, 1.54) is 12.8 Å². The molecule has 112 valence electrons. The third-order valence-corrected chi connectivity index (χ3v) is 3.93. The molecule has 0 bridgehead atoms. The molecule has 0 heterocycles. The molecule has 0 unspecified atom stereocenters. The molecule has 2 rings (SSSR count). The van der Waals surface area contributed by atoms with Crippen LogP contribution in [0.15, 0.2) is 30.3 Å². The summed E-state index contributed by atoms with van der Waals surface area (Å²) in [6, 6.07) is 10.2. The van der Waals surface area contributed by atoms with Gasteiger partial charge in [0.2, 0.25) is 5.91 Å². The predicted octanol–water partition coefficient (Wildman–Crippen LogP) is 3.61. The second-order valence-electron chi connectivity index (χ2n) is 6.23. The number of amides is 1. The Labute approximate surface area is 127 Å². The minimum atomic E-state index is 0. The summed E-state index contributed by atoms with van der Waals surface area (Å²) in [5.41, 5.74) is 1.44. The summed E-state index contributed by atoms with van der Waals surface area (Å²) in [5.74, 6) is 0.0913. The molecule has 1 saturated carbocycles. The van der Waals surface area contributed by atoms with E-state index in [-0.39, 0.29) is 18.3 Å². The van der Waals surface area contributed by atoms with Gasteiger partial charge in [-0.15, -0.1) is 12.4 Å². The molecule has 0 saturated heterocycles. The van der Waals surface area contributed by atoms with Gasteiger partial charge in [0, 0.05) is 11.7 Å². The Bertz CT molecular complexity index is 410. The Morgan fingerprint density at radius 2 is 1.80 bits per heavy atom. The lowest BCUT2D eigenvalue weighted by Crippen LogP contribution is -2.41. The molecule has 1 aromatic carbocycles. The lowest BCUT2D eigenvalue weighted by atomic mass is 9.75. The summed E-state index contributed by atoms with van der Waals surface area (Å²) in [7, 11) is 0. The Morgan fingerprint density at radius 3 is 2.40 bits per heavy atom. The van der Waals surface area contributed by atoms with Crippen molar-refractivity contribution in [1.29, 1.82) is 0 Å². The van der Waals surface area contributed by atoms with Gasteiger partial charge in [-0.1, -0.05) is 32.0 Å². The summed E-state index contributed by atoms with van der Waals surface area (Å²) in [5, 5.41) is 6.26.